The van der Waals surface area contributed by atoms with Crippen molar-refractivity contribution in [1.82, 2.24) is 0 Å². The second-order valence-corrected chi connectivity index (χ2v) is 6.54. The van der Waals surface area contributed by atoms with Gasteiger partial charge in [0.1, 0.15) is 12.2 Å². The van der Waals surface area contributed by atoms with Gasteiger partial charge in [0, 0.05) is 5.92 Å². The quantitative estimate of drug-likeness (QED) is 0.728. The van der Waals surface area contributed by atoms with E-state index in [1.165, 1.54) is 0 Å². The van der Waals surface area contributed by atoms with Crippen LogP contribution < -0.4 is 0 Å². The summed E-state index contributed by atoms with van der Waals surface area (Å²) < 4.78 is 29.4. The van der Waals surface area contributed by atoms with Crippen LogP contribution in [-0.4, -0.2) is 42.8 Å². The first-order chi connectivity index (χ1) is 9.31. The molecule has 0 radical (unpaired) electrons. The molecule has 5 heteroatoms. The molecular weight excluding hydrogens is 260 g/mol. The van der Waals surface area contributed by atoms with E-state index in [-0.39, 0.29) is 30.5 Å². The summed E-state index contributed by atoms with van der Waals surface area (Å²) in [7, 11) is 0. The Kier molecular flexibility index (Phi) is 3.46. The van der Waals surface area contributed by atoms with Gasteiger partial charge in [0.15, 0.2) is 17.9 Å². The zero-order valence-electron chi connectivity index (χ0n) is 12.8. The third kappa shape index (κ3) is 2.53. The number of ether oxygens (including phenoxy) is 5. The lowest BCUT2D eigenvalue weighted by molar-refractivity contribution is -0.224. The standard InChI is InChI=1S/C15H24O5/c1-6-7-9-11(10-8-16-14(2,3)18-10)17-13-12(9)19-15(4,5)20-13/h6-7,9-13H,8H2,1-5H3/b7-6-/t9-,10?,11+,12-,13-/m1/s1. The van der Waals surface area contributed by atoms with Gasteiger partial charge in [0.05, 0.1) is 12.7 Å². The van der Waals surface area contributed by atoms with Crippen molar-refractivity contribution >= 4 is 0 Å². The Morgan fingerprint density at radius 1 is 0.950 bits per heavy atom. The predicted octanol–water partition coefficient (Wildman–Crippen LogP) is 2.21. The largest absolute Gasteiger partial charge is 0.348 e. The maximum Gasteiger partial charge on any atom is 0.188 e. The lowest BCUT2D eigenvalue weighted by atomic mass is 9.94. The smallest absolute Gasteiger partial charge is 0.188 e. The molecule has 3 aliphatic rings. The van der Waals surface area contributed by atoms with Crippen LogP contribution in [0.5, 0.6) is 0 Å². The fourth-order valence-corrected chi connectivity index (χ4v) is 3.21. The van der Waals surface area contributed by atoms with E-state index in [1.807, 2.05) is 40.7 Å². The fraction of sp³-hybridized carbons (Fsp3) is 0.867. The topological polar surface area (TPSA) is 46.2 Å². The maximum atomic E-state index is 6.06. The van der Waals surface area contributed by atoms with Gasteiger partial charge in [-0.05, 0) is 34.6 Å². The molecule has 0 spiro atoms. The van der Waals surface area contributed by atoms with Crippen LogP contribution in [0.25, 0.3) is 0 Å². The van der Waals surface area contributed by atoms with Crippen molar-refractivity contribution in [3.8, 4) is 0 Å². The van der Waals surface area contributed by atoms with Gasteiger partial charge in [-0.15, -0.1) is 0 Å². The molecule has 3 rings (SSSR count). The molecule has 3 heterocycles. The molecular formula is C15H24O5. The summed E-state index contributed by atoms with van der Waals surface area (Å²) in [6, 6.07) is 0. The second-order valence-electron chi connectivity index (χ2n) is 6.54. The molecule has 0 saturated carbocycles. The van der Waals surface area contributed by atoms with Crippen LogP contribution in [0.15, 0.2) is 12.2 Å². The molecule has 114 valence electrons. The molecule has 3 aliphatic heterocycles. The highest BCUT2D eigenvalue weighted by Gasteiger charge is 2.57. The van der Waals surface area contributed by atoms with Gasteiger partial charge in [-0.2, -0.15) is 0 Å². The van der Waals surface area contributed by atoms with E-state index in [0.717, 1.165) is 0 Å². The summed E-state index contributed by atoms with van der Waals surface area (Å²) in [6.07, 6.45) is 3.54. The van der Waals surface area contributed by atoms with Crippen LogP contribution in [0.2, 0.25) is 0 Å². The summed E-state index contributed by atoms with van der Waals surface area (Å²) in [4.78, 5) is 0. The van der Waals surface area contributed by atoms with E-state index >= 15 is 0 Å². The molecule has 0 aliphatic carbocycles. The Morgan fingerprint density at radius 2 is 1.70 bits per heavy atom. The highest BCUT2D eigenvalue weighted by molar-refractivity contribution is 5.05. The predicted molar refractivity (Wildman–Crippen MR) is 71.9 cm³/mol. The molecule has 0 N–H and O–H groups in total. The van der Waals surface area contributed by atoms with Crippen molar-refractivity contribution < 1.29 is 23.7 Å². The van der Waals surface area contributed by atoms with E-state index < -0.39 is 11.6 Å². The number of hydrogen-bond acceptors (Lipinski definition) is 5. The van der Waals surface area contributed by atoms with Crippen molar-refractivity contribution in [2.45, 2.75) is 70.8 Å². The van der Waals surface area contributed by atoms with Crippen molar-refractivity contribution in [3.63, 3.8) is 0 Å². The first kappa shape index (κ1) is 14.5. The lowest BCUT2D eigenvalue weighted by Gasteiger charge is -2.27. The van der Waals surface area contributed by atoms with Crippen LogP contribution in [0.4, 0.5) is 0 Å². The lowest BCUT2D eigenvalue weighted by Crippen LogP contribution is -2.38. The van der Waals surface area contributed by atoms with Gasteiger partial charge in [0.2, 0.25) is 0 Å². The Hall–Kier alpha value is -0.460. The zero-order chi connectivity index (χ0) is 14.5. The summed E-state index contributed by atoms with van der Waals surface area (Å²) in [5.74, 6) is -1.02. The molecule has 0 bridgehead atoms. The number of hydrogen-bond donors (Lipinski definition) is 0. The Balaban J connectivity index is 1.77. The highest BCUT2D eigenvalue weighted by atomic mass is 16.8. The van der Waals surface area contributed by atoms with Gasteiger partial charge < -0.3 is 23.7 Å². The van der Waals surface area contributed by atoms with Crippen LogP contribution in [0.3, 0.4) is 0 Å². The molecule has 0 aromatic heterocycles. The molecule has 5 nitrogen and oxygen atoms in total. The molecule has 20 heavy (non-hydrogen) atoms. The van der Waals surface area contributed by atoms with Gasteiger partial charge in [0.25, 0.3) is 0 Å². The van der Waals surface area contributed by atoms with Gasteiger partial charge in [-0.3, -0.25) is 0 Å². The Labute approximate surface area is 120 Å². The number of allylic oxidation sites excluding steroid dienone is 1. The van der Waals surface area contributed by atoms with Crippen LogP contribution in [0, 0.1) is 5.92 Å². The SMILES string of the molecule is C/C=C\[C@H]1[C@H]2OC(C)(C)O[C@H]2O[C@@H]1C1COC(C)(C)O1. The average Bonchev–Trinajstić information content (AvgIpc) is 2.91. The first-order valence-electron chi connectivity index (χ1n) is 7.27. The summed E-state index contributed by atoms with van der Waals surface area (Å²) >= 11 is 0. The third-order valence-electron chi connectivity index (χ3n) is 3.95. The van der Waals surface area contributed by atoms with Crippen molar-refractivity contribution in [3.05, 3.63) is 12.2 Å². The van der Waals surface area contributed by atoms with Crippen LogP contribution in [-0.2, 0) is 23.7 Å². The van der Waals surface area contributed by atoms with Gasteiger partial charge >= 0.3 is 0 Å². The number of rotatable bonds is 2. The molecule has 0 aromatic rings. The highest BCUT2D eigenvalue weighted by Crippen LogP contribution is 2.44. The Bertz CT molecular complexity index is 403. The zero-order valence-corrected chi connectivity index (χ0v) is 12.8. The van der Waals surface area contributed by atoms with Crippen molar-refractivity contribution in [1.29, 1.82) is 0 Å². The molecule has 0 aromatic carbocycles. The monoisotopic (exact) mass is 284 g/mol. The summed E-state index contributed by atoms with van der Waals surface area (Å²) in [5, 5.41) is 0. The van der Waals surface area contributed by atoms with E-state index in [2.05, 4.69) is 6.08 Å². The minimum absolute atomic E-state index is 0.0847. The summed E-state index contributed by atoms with van der Waals surface area (Å²) in [6.45, 7) is 10.2. The molecule has 0 amide bonds. The third-order valence-corrected chi connectivity index (χ3v) is 3.95. The summed E-state index contributed by atoms with van der Waals surface area (Å²) in [5.41, 5.74) is 0. The van der Waals surface area contributed by atoms with Gasteiger partial charge in [-0.1, -0.05) is 12.2 Å². The normalized spacial score (nSPS) is 46.1. The average molecular weight is 284 g/mol. The van der Waals surface area contributed by atoms with E-state index in [0.29, 0.717) is 6.61 Å². The second kappa shape index (κ2) is 4.78. The molecule has 3 saturated heterocycles. The van der Waals surface area contributed by atoms with E-state index in [4.69, 9.17) is 23.7 Å². The minimum atomic E-state index is -0.591. The minimum Gasteiger partial charge on any atom is -0.348 e. The van der Waals surface area contributed by atoms with Crippen molar-refractivity contribution in [2.24, 2.45) is 5.92 Å². The fourth-order valence-electron chi connectivity index (χ4n) is 3.21. The van der Waals surface area contributed by atoms with Crippen molar-refractivity contribution in [2.75, 3.05) is 6.61 Å². The van der Waals surface area contributed by atoms with E-state index in [1.54, 1.807) is 0 Å². The van der Waals surface area contributed by atoms with Gasteiger partial charge in [-0.25, -0.2) is 0 Å². The molecule has 5 atom stereocenters. The van der Waals surface area contributed by atoms with Crippen LogP contribution >= 0.6 is 0 Å². The Morgan fingerprint density at radius 3 is 2.30 bits per heavy atom. The molecule has 3 fully saturated rings. The molecule has 1 unspecified atom stereocenters. The maximum absolute atomic E-state index is 6.06. The first-order valence-corrected chi connectivity index (χ1v) is 7.27. The van der Waals surface area contributed by atoms with Crippen LogP contribution in [0.1, 0.15) is 34.6 Å². The van der Waals surface area contributed by atoms with E-state index in [9.17, 15) is 0 Å². The number of fused-ring (bicyclic) bond motifs is 1.